The largest absolute Gasteiger partial charge is 0.497 e. The second-order valence-electron chi connectivity index (χ2n) is 7.08. The predicted octanol–water partition coefficient (Wildman–Crippen LogP) is 3.65. The van der Waals surface area contributed by atoms with Crippen LogP contribution in [0.15, 0.2) is 79.9 Å². The van der Waals surface area contributed by atoms with Crippen molar-refractivity contribution in [2.24, 2.45) is 0 Å². The molecular weight excluding hydrogens is 440 g/mol. The quantitative estimate of drug-likeness (QED) is 0.190. The van der Waals surface area contributed by atoms with E-state index in [1.807, 2.05) is 12.1 Å². The number of esters is 3. The first-order valence-corrected chi connectivity index (χ1v) is 10.5. The van der Waals surface area contributed by atoms with Gasteiger partial charge in [-0.25, -0.2) is 9.59 Å². The lowest BCUT2D eigenvalue weighted by Crippen LogP contribution is -2.46. The van der Waals surface area contributed by atoms with Crippen molar-refractivity contribution in [3.63, 3.8) is 0 Å². The highest BCUT2D eigenvalue weighted by atomic mass is 16.6. The van der Waals surface area contributed by atoms with Gasteiger partial charge in [-0.1, -0.05) is 43.0 Å². The summed E-state index contributed by atoms with van der Waals surface area (Å²) in [7, 11) is 1.57. The molecule has 0 heterocycles. The Morgan fingerprint density at radius 3 is 2.21 bits per heavy atom. The predicted molar refractivity (Wildman–Crippen MR) is 124 cm³/mol. The molecule has 0 saturated carbocycles. The number of carbonyl (C=O) groups excluding carboxylic acids is 3. The number of carbonyl (C=O) groups is 3. The Bertz CT molecular complexity index is 968. The van der Waals surface area contributed by atoms with E-state index in [-0.39, 0.29) is 13.2 Å². The van der Waals surface area contributed by atoms with Crippen LogP contribution < -0.4 is 4.74 Å². The van der Waals surface area contributed by atoms with E-state index in [0.29, 0.717) is 11.3 Å². The smallest absolute Gasteiger partial charge is 0.338 e. The molecule has 0 aliphatic rings. The van der Waals surface area contributed by atoms with Crippen LogP contribution in [0.2, 0.25) is 0 Å². The number of hydrogen-bond donors (Lipinski definition) is 0. The third kappa shape index (κ3) is 8.22. The van der Waals surface area contributed by atoms with Crippen LogP contribution in [-0.4, -0.2) is 49.9 Å². The van der Waals surface area contributed by atoms with E-state index >= 15 is 0 Å². The van der Waals surface area contributed by atoms with Crippen LogP contribution >= 0.6 is 0 Å². The summed E-state index contributed by atoms with van der Waals surface area (Å²) >= 11 is 0. The van der Waals surface area contributed by atoms with Crippen molar-refractivity contribution < 1.29 is 38.1 Å². The van der Waals surface area contributed by atoms with Gasteiger partial charge in [-0.05, 0) is 29.8 Å². The van der Waals surface area contributed by atoms with Gasteiger partial charge in [-0.2, -0.15) is 0 Å². The molecule has 2 aromatic carbocycles. The molecule has 0 amide bonds. The average Bonchev–Trinajstić information content (AvgIpc) is 2.86. The maximum Gasteiger partial charge on any atom is 0.338 e. The fraction of sp³-hybridized carbons (Fsp3) is 0.269. The lowest BCUT2D eigenvalue weighted by molar-refractivity contribution is -0.177. The van der Waals surface area contributed by atoms with Gasteiger partial charge in [0.05, 0.1) is 19.3 Å². The number of ether oxygens (including phenoxy) is 5. The molecule has 0 saturated heterocycles. The first kappa shape index (κ1) is 26.3. The van der Waals surface area contributed by atoms with Crippen molar-refractivity contribution in [2.45, 2.75) is 31.8 Å². The molecule has 0 fully saturated rings. The molecule has 0 aliphatic heterocycles. The summed E-state index contributed by atoms with van der Waals surface area (Å²) in [5.41, 5.74) is 1.14. The van der Waals surface area contributed by atoms with Crippen LogP contribution in [0.25, 0.3) is 0 Å². The minimum absolute atomic E-state index is 0.138. The number of benzene rings is 2. The first-order valence-electron chi connectivity index (χ1n) is 10.5. The van der Waals surface area contributed by atoms with E-state index < -0.39 is 36.2 Å². The lowest BCUT2D eigenvalue weighted by atomic mass is 10.1. The molecule has 8 nitrogen and oxygen atoms in total. The van der Waals surface area contributed by atoms with Crippen molar-refractivity contribution in [3.05, 3.63) is 91.0 Å². The van der Waals surface area contributed by atoms with E-state index in [1.54, 1.807) is 49.6 Å². The average molecular weight is 469 g/mol. The van der Waals surface area contributed by atoms with Gasteiger partial charge in [0.1, 0.15) is 18.5 Å². The summed E-state index contributed by atoms with van der Waals surface area (Å²) in [6, 6.07) is 15.5. The van der Waals surface area contributed by atoms with Gasteiger partial charge in [0.2, 0.25) is 0 Å². The SMILES string of the molecule is C=CC(=O)O[C@@H]([C@@H](C=C)OCc1ccc(OC)cc1)[C@@H](COC(=O)c1ccccc1)OC(C)=O. The number of rotatable bonds is 13. The molecule has 180 valence electrons. The Morgan fingerprint density at radius 1 is 0.971 bits per heavy atom. The number of methoxy groups -OCH3 is 1. The third-order valence-corrected chi connectivity index (χ3v) is 4.65. The maximum absolute atomic E-state index is 12.4. The van der Waals surface area contributed by atoms with Gasteiger partial charge >= 0.3 is 17.9 Å². The van der Waals surface area contributed by atoms with E-state index in [2.05, 4.69) is 13.2 Å². The Balaban J connectivity index is 2.20. The lowest BCUT2D eigenvalue weighted by Gasteiger charge is -2.30. The van der Waals surface area contributed by atoms with Crippen molar-refractivity contribution >= 4 is 17.9 Å². The van der Waals surface area contributed by atoms with Gasteiger partial charge < -0.3 is 23.7 Å². The monoisotopic (exact) mass is 468 g/mol. The molecule has 2 rings (SSSR count). The molecule has 0 spiro atoms. The topological polar surface area (TPSA) is 97.4 Å². The highest BCUT2D eigenvalue weighted by Crippen LogP contribution is 2.19. The first-order chi connectivity index (χ1) is 16.4. The van der Waals surface area contributed by atoms with Crippen LogP contribution in [0, 0.1) is 0 Å². The zero-order valence-electron chi connectivity index (χ0n) is 19.2. The highest BCUT2D eigenvalue weighted by Gasteiger charge is 2.35. The second kappa shape index (κ2) is 13.6. The van der Waals surface area contributed by atoms with Crippen LogP contribution in [0.4, 0.5) is 0 Å². The molecule has 2 aromatic rings. The normalized spacial score (nSPS) is 13.0. The molecule has 0 aliphatic carbocycles. The molecule has 0 bridgehead atoms. The minimum atomic E-state index is -1.16. The standard InChI is InChI=1S/C26H28O8/c1-5-22(31-16-19-12-14-21(30-4)15-13-19)25(34-24(28)6-2)23(33-18(3)27)17-32-26(29)20-10-8-7-9-11-20/h5-15,22-23,25H,1-2,16-17H2,3-4H3/t22-,23-,25+/m1/s1. The fourth-order valence-corrected chi connectivity index (χ4v) is 2.97. The summed E-state index contributed by atoms with van der Waals surface area (Å²) in [4.78, 5) is 36.2. The van der Waals surface area contributed by atoms with E-state index in [9.17, 15) is 14.4 Å². The fourth-order valence-electron chi connectivity index (χ4n) is 2.97. The summed E-state index contributed by atoms with van der Waals surface area (Å²) in [6.45, 7) is 8.10. The Hall–Kier alpha value is -3.91. The van der Waals surface area contributed by atoms with Gasteiger partial charge in [0, 0.05) is 13.0 Å². The third-order valence-electron chi connectivity index (χ3n) is 4.65. The van der Waals surface area contributed by atoms with E-state index in [1.165, 1.54) is 13.0 Å². The zero-order chi connectivity index (χ0) is 24.9. The highest BCUT2D eigenvalue weighted by molar-refractivity contribution is 5.89. The van der Waals surface area contributed by atoms with Gasteiger partial charge in [0.15, 0.2) is 12.2 Å². The second-order valence-corrected chi connectivity index (χ2v) is 7.08. The summed E-state index contributed by atoms with van der Waals surface area (Å²) in [5, 5.41) is 0. The minimum Gasteiger partial charge on any atom is -0.497 e. The summed E-state index contributed by atoms with van der Waals surface area (Å²) in [6.07, 6.45) is -0.829. The van der Waals surface area contributed by atoms with Crippen LogP contribution in [-0.2, 0) is 35.1 Å². The molecule has 0 N–H and O–H groups in total. The van der Waals surface area contributed by atoms with Gasteiger partial charge in [0.25, 0.3) is 0 Å². The van der Waals surface area contributed by atoms with E-state index in [0.717, 1.165) is 11.6 Å². The summed E-state index contributed by atoms with van der Waals surface area (Å²) in [5.74, 6) is -1.35. The summed E-state index contributed by atoms with van der Waals surface area (Å²) < 4.78 is 27.2. The molecule has 0 radical (unpaired) electrons. The Morgan fingerprint density at radius 2 is 1.65 bits per heavy atom. The van der Waals surface area contributed by atoms with Crippen LogP contribution in [0.3, 0.4) is 0 Å². The van der Waals surface area contributed by atoms with Gasteiger partial charge in [-0.15, -0.1) is 6.58 Å². The molecule has 3 atom stereocenters. The Kier molecular flexibility index (Phi) is 10.5. The Labute approximate surface area is 198 Å². The van der Waals surface area contributed by atoms with Crippen LogP contribution in [0.5, 0.6) is 5.75 Å². The van der Waals surface area contributed by atoms with Crippen molar-refractivity contribution in [1.82, 2.24) is 0 Å². The number of hydrogen-bond acceptors (Lipinski definition) is 8. The maximum atomic E-state index is 12.4. The molecule has 0 unspecified atom stereocenters. The van der Waals surface area contributed by atoms with Crippen molar-refractivity contribution in [3.8, 4) is 5.75 Å². The van der Waals surface area contributed by atoms with Crippen LogP contribution in [0.1, 0.15) is 22.8 Å². The molecular formula is C26H28O8. The molecule has 8 heteroatoms. The van der Waals surface area contributed by atoms with Crippen molar-refractivity contribution in [2.75, 3.05) is 13.7 Å². The van der Waals surface area contributed by atoms with E-state index in [4.69, 9.17) is 23.7 Å². The zero-order valence-corrected chi connectivity index (χ0v) is 19.2. The van der Waals surface area contributed by atoms with Gasteiger partial charge in [-0.3, -0.25) is 4.79 Å². The van der Waals surface area contributed by atoms with Crippen molar-refractivity contribution in [1.29, 1.82) is 0 Å². The molecule has 34 heavy (non-hydrogen) atoms. The molecule has 0 aromatic heterocycles.